The second kappa shape index (κ2) is 7.63. The van der Waals surface area contributed by atoms with E-state index in [2.05, 4.69) is 18.7 Å². The van der Waals surface area contributed by atoms with Crippen molar-refractivity contribution in [3.8, 4) is 5.75 Å². The van der Waals surface area contributed by atoms with Gasteiger partial charge in [0.1, 0.15) is 5.75 Å². The lowest BCUT2D eigenvalue weighted by Gasteiger charge is -2.35. The van der Waals surface area contributed by atoms with Crippen LogP contribution in [0.5, 0.6) is 5.75 Å². The predicted molar refractivity (Wildman–Crippen MR) is 88.9 cm³/mol. The van der Waals surface area contributed by atoms with E-state index in [4.69, 9.17) is 4.74 Å². The minimum atomic E-state index is 0.184. The highest BCUT2D eigenvalue weighted by atomic mass is 16.5. The summed E-state index contributed by atoms with van der Waals surface area (Å²) >= 11 is 0. The predicted octanol–water partition coefficient (Wildman–Crippen LogP) is 2.63. The molecule has 0 aromatic heterocycles. The van der Waals surface area contributed by atoms with Crippen molar-refractivity contribution in [1.29, 1.82) is 0 Å². The average molecular weight is 304 g/mol. The molecule has 2 unspecified atom stereocenters. The first-order valence-electron chi connectivity index (χ1n) is 8.07. The molecule has 1 heterocycles. The number of nitrogens with zero attached hydrogens (tertiary/aromatic N) is 2. The smallest absolute Gasteiger partial charge is 0.236 e. The number of ether oxygens (including phenoxy) is 1. The van der Waals surface area contributed by atoms with Crippen molar-refractivity contribution in [3.63, 3.8) is 0 Å². The molecule has 0 aliphatic carbocycles. The van der Waals surface area contributed by atoms with Crippen molar-refractivity contribution in [2.45, 2.75) is 26.8 Å². The van der Waals surface area contributed by atoms with Gasteiger partial charge in [0, 0.05) is 26.7 Å². The topological polar surface area (TPSA) is 32.8 Å². The number of likely N-dealkylation sites (tertiary alicyclic amines) is 1. The monoisotopic (exact) mass is 304 g/mol. The first-order chi connectivity index (χ1) is 10.5. The van der Waals surface area contributed by atoms with E-state index >= 15 is 0 Å². The Balaban J connectivity index is 1.88. The second-order valence-electron chi connectivity index (χ2n) is 6.74. The number of piperidine rings is 1. The number of methoxy groups -OCH3 is 1. The van der Waals surface area contributed by atoms with E-state index in [1.54, 1.807) is 12.0 Å². The van der Waals surface area contributed by atoms with Gasteiger partial charge < -0.3 is 9.64 Å². The van der Waals surface area contributed by atoms with Crippen LogP contribution in [0.2, 0.25) is 0 Å². The van der Waals surface area contributed by atoms with Crippen LogP contribution in [-0.4, -0.2) is 49.5 Å². The Morgan fingerprint density at radius 2 is 2.00 bits per heavy atom. The fourth-order valence-electron chi connectivity index (χ4n) is 3.37. The molecule has 0 bridgehead atoms. The van der Waals surface area contributed by atoms with Crippen molar-refractivity contribution in [2.75, 3.05) is 33.8 Å². The molecule has 2 rings (SSSR count). The standard InChI is InChI=1S/C18H28N2O2/c1-14-8-15(2)11-20(10-14)13-18(21)19(3)12-16-6-5-7-17(9-16)22-4/h5-7,9,14-15H,8,10-13H2,1-4H3. The molecule has 1 fully saturated rings. The molecule has 2 atom stereocenters. The molecule has 1 aromatic rings. The van der Waals surface area contributed by atoms with E-state index in [-0.39, 0.29) is 5.91 Å². The van der Waals surface area contributed by atoms with Gasteiger partial charge >= 0.3 is 0 Å². The molecule has 1 aliphatic heterocycles. The minimum Gasteiger partial charge on any atom is -0.497 e. The van der Waals surface area contributed by atoms with E-state index in [1.165, 1.54) is 6.42 Å². The van der Waals surface area contributed by atoms with Crippen LogP contribution >= 0.6 is 0 Å². The highest BCUT2D eigenvalue weighted by molar-refractivity contribution is 5.78. The molecular formula is C18H28N2O2. The van der Waals surface area contributed by atoms with Crippen LogP contribution in [-0.2, 0) is 11.3 Å². The molecular weight excluding hydrogens is 276 g/mol. The fourth-order valence-corrected chi connectivity index (χ4v) is 3.37. The van der Waals surface area contributed by atoms with Crippen molar-refractivity contribution >= 4 is 5.91 Å². The Labute approximate surface area is 134 Å². The van der Waals surface area contributed by atoms with E-state index < -0.39 is 0 Å². The van der Waals surface area contributed by atoms with E-state index in [0.29, 0.717) is 24.9 Å². The van der Waals surface area contributed by atoms with Crippen LogP contribution in [0.15, 0.2) is 24.3 Å². The number of carbonyl (C=O) groups excluding carboxylic acids is 1. The van der Waals surface area contributed by atoms with E-state index in [1.807, 2.05) is 31.3 Å². The van der Waals surface area contributed by atoms with Gasteiger partial charge in [0.2, 0.25) is 5.91 Å². The summed E-state index contributed by atoms with van der Waals surface area (Å²) in [6.07, 6.45) is 1.27. The molecule has 1 aromatic carbocycles. The van der Waals surface area contributed by atoms with Crippen LogP contribution in [0, 0.1) is 11.8 Å². The lowest BCUT2D eigenvalue weighted by molar-refractivity contribution is -0.132. The van der Waals surface area contributed by atoms with E-state index in [9.17, 15) is 4.79 Å². The summed E-state index contributed by atoms with van der Waals surface area (Å²) in [6, 6.07) is 7.88. The van der Waals surface area contributed by atoms with Crippen LogP contribution in [0.4, 0.5) is 0 Å². The van der Waals surface area contributed by atoms with Crippen molar-refractivity contribution in [2.24, 2.45) is 11.8 Å². The van der Waals surface area contributed by atoms with Crippen LogP contribution < -0.4 is 4.74 Å². The lowest BCUT2D eigenvalue weighted by Crippen LogP contribution is -2.44. The maximum atomic E-state index is 12.4. The Hall–Kier alpha value is -1.55. The van der Waals surface area contributed by atoms with E-state index in [0.717, 1.165) is 24.4 Å². The molecule has 1 aliphatic rings. The molecule has 1 amide bonds. The maximum Gasteiger partial charge on any atom is 0.236 e. The zero-order valence-electron chi connectivity index (χ0n) is 14.2. The fraction of sp³-hybridized carbons (Fsp3) is 0.611. The minimum absolute atomic E-state index is 0.184. The molecule has 122 valence electrons. The third kappa shape index (κ3) is 4.73. The summed E-state index contributed by atoms with van der Waals surface area (Å²) in [7, 11) is 3.53. The van der Waals surface area contributed by atoms with Crippen LogP contribution in [0.25, 0.3) is 0 Å². The van der Waals surface area contributed by atoms with Gasteiger partial charge in [-0.3, -0.25) is 9.69 Å². The second-order valence-corrected chi connectivity index (χ2v) is 6.74. The molecule has 4 heteroatoms. The summed E-state index contributed by atoms with van der Waals surface area (Å²) < 4.78 is 5.23. The van der Waals surface area contributed by atoms with Gasteiger partial charge in [-0.1, -0.05) is 26.0 Å². The molecule has 22 heavy (non-hydrogen) atoms. The molecule has 0 saturated carbocycles. The highest BCUT2D eigenvalue weighted by Crippen LogP contribution is 2.21. The molecule has 0 spiro atoms. The van der Waals surface area contributed by atoms with Gasteiger partial charge in [-0.2, -0.15) is 0 Å². The number of benzene rings is 1. The first kappa shape index (κ1) is 16.8. The lowest BCUT2D eigenvalue weighted by atomic mass is 9.92. The number of rotatable bonds is 5. The van der Waals surface area contributed by atoms with Crippen molar-refractivity contribution in [1.82, 2.24) is 9.80 Å². The van der Waals surface area contributed by atoms with Crippen molar-refractivity contribution < 1.29 is 9.53 Å². The third-order valence-corrected chi connectivity index (χ3v) is 4.28. The number of amides is 1. The number of hydrogen-bond donors (Lipinski definition) is 0. The molecule has 1 saturated heterocycles. The zero-order chi connectivity index (χ0) is 16.1. The van der Waals surface area contributed by atoms with Gasteiger partial charge in [0.05, 0.1) is 13.7 Å². The Bertz CT molecular complexity index is 494. The highest BCUT2D eigenvalue weighted by Gasteiger charge is 2.24. The van der Waals surface area contributed by atoms with Gasteiger partial charge in [0.15, 0.2) is 0 Å². The first-order valence-corrected chi connectivity index (χ1v) is 8.07. The number of carbonyl (C=O) groups is 1. The van der Waals surface area contributed by atoms with Gasteiger partial charge in [-0.05, 0) is 36.0 Å². The van der Waals surface area contributed by atoms with Gasteiger partial charge in [0.25, 0.3) is 0 Å². The van der Waals surface area contributed by atoms with Gasteiger partial charge in [-0.15, -0.1) is 0 Å². The zero-order valence-corrected chi connectivity index (χ0v) is 14.2. The SMILES string of the molecule is COc1cccc(CN(C)C(=O)CN2CC(C)CC(C)C2)c1. The summed E-state index contributed by atoms with van der Waals surface area (Å²) in [6.45, 7) is 7.75. The van der Waals surface area contributed by atoms with Crippen molar-refractivity contribution in [3.05, 3.63) is 29.8 Å². The molecule has 0 radical (unpaired) electrons. The summed E-state index contributed by atoms with van der Waals surface area (Å²) in [5.41, 5.74) is 1.09. The Morgan fingerprint density at radius 3 is 2.64 bits per heavy atom. The molecule has 4 nitrogen and oxygen atoms in total. The maximum absolute atomic E-state index is 12.4. The average Bonchev–Trinajstić information content (AvgIpc) is 2.46. The number of likely N-dealkylation sites (N-methyl/N-ethyl adjacent to an activating group) is 1. The third-order valence-electron chi connectivity index (χ3n) is 4.28. The normalized spacial score (nSPS) is 22.4. The quantitative estimate of drug-likeness (QED) is 0.838. The van der Waals surface area contributed by atoms with Gasteiger partial charge in [-0.25, -0.2) is 0 Å². The summed E-state index contributed by atoms with van der Waals surface area (Å²) in [4.78, 5) is 16.5. The Kier molecular flexibility index (Phi) is 5.83. The van der Waals surface area contributed by atoms with Crippen LogP contribution in [0.3, 0.4) is 0 Å². The largest absolute Gasteiger partial charge is 0.497 e. The summed E-state index contributed by atoms with van der Waals surface area (Å²) in [5.74, 6) is 2.38. The van der Waals surface area contributed by atoms with Crippen LogP contribution in [0.1, 0.15) is 25.8 Å². The molecule has 0 N–H and O–H groups in total. The number of hydrogen-bond acceptors (Lipinski definition) is 3. The summed E-state index contributed by atoms with van der Waals surface area (Å²) in [5, 5.41) is 0. The Morgan fingerprint density at radius 1 is 1.32 bits per heavy atom.